The summed E-state index contributed by atoms with van der Waals surface area (Å²) in [6, 6.07) is 11.4. The first-order valence-corrected chi connectivity index (χ1v) is 9.78. The molecule has 166 valence electrons. The predicted octanol–water partition coefficient (Wildman–Crippen LogP) is 5.26. The Morgan fingerprint density at radius 3 is 2.42 bits per heavy atom. The van der Waals surface area contributed by atoms with E-state index in [0.717, 1.165) is 17.7 Å². The van der Waals surface area contributed by atoms with Crippen molar-refractivity contribution in [1.82, 2.24) is 5.32 Å². The fraction of sp³-hybridized carbons (Fsp3) is 0.391. The molecular weight excluding hydrogens is 409 g/mol. The first kappa shape index (κ1) is 24.1. The van der Waals surface area contributed by atoms with E-state index in [1.54, 1.807) is 13.0 Å². The topological polar surface area (TPSA) is 71.3 Å². The Bertz CT molecular complexity index is 952. The van der Waals surface area contributed by atoms with Crippen LogP contribution in [0.3, 0.4) is 0 Å². The Balaban J connectivity index is 2.26. The van der Waals surface area contributed by atoms with Crippen LogP contribution in [0, 0.1) is 17.2 Å². The van der Waals surface area contributed by atoms with Gasteiger partial charge >= 0.3 is 6.18 Å². The van der Waals surface area contributed by atoms with Gasteiger partial charge < -0.3 is 14.8 Å². The normalized spacial score (nSPS) is 13.3. The van der Waals surface area contributed by atoms with E-state index in [9.17, 15) is 18.0 Å². The summed E-state index contributed by atoms with van der Waals surface area (Å²) in [5.74, 6) is 0.0819. The molecule has 1 N–H and O–H groups in total. The molecule has 1 amide bonds. The van der Waals surface area contributed by atoms with Crippen LogP contribution in [-0.4, -0.2) is 19.1 Å². The molecule has 0 aliphatic rings. The summed E-state index contributed by atoms with van der Waals surface area (Å²) < 4.78 is 50.7. The lowest BCUT2D eigenvalue weighted by Crippen LogP contribution is -2.40. The number of benzene rings is 2. The highest BCUT2D eigenvalue weighted by Crippen LogP contribution is 2.34. The Morgan fingerprint density at radius 1 is 1.16 bits per heavy atom. The first-order valence-electron chi connectivity index (χ1n) is 9.78. The van der Waals surface area contributed by atoms with E-state index >= 15 is 0 Å². The quantitative estimate of drug-likeness (QED) is 0.616. The third-order valence-electron chi connectivity index (χ3n) is 4.64. The van der Waals surface area contributed by atoms with Crippen molar-refractivity contribution in [2.75, 3.05) is 7.11 Å². The number of alkyl halides is 3. The number of nitrogens with zero attached hydrogens (tertiary/aromatic N) is 1. The monoisotopic (exact) mass is 434 g/mol. The lowest BCUT2D eigenvalue weighted by Gasteiger charge is -2.24. The lowest BCUT2D eigenvalue weighted by molar-refractivity contribution is -0.137. The molecule has 2 atom stereocenters. The molecule has 31 heavy (non-hydrogen) atoms. The van der Waals surface area contributed by atoms with Gasteiger partial charge in [0.2, 0.25) is 0 Å². The molecule has 2 rings (SSSR count). The van der Waals surface area contributed by atoms with Crippen molar-refractivity contribution in [2.24, 2.45) is 5.92 Å². The van der Waals surface area contributed by atoms with Crippen molar-refractivity contribution >= 4 is 5.91 Å². The molecule has 2 aromatic rings. The average Bonchev–Trinajstić information content (AvgIpc) is 2.72. The summed E-state index contributed by atoms with van der Waals surface area (Å²) >= 11 is 0. The Kier molecular flexibility index (Phi) is 7.92. The van der Waals surface area contributed by atoms with E-state index in [1.165, 1.54) is 19.2 Å². The van der Waals surface area contributed by atoms with Gasteiger partial charge in [0, 0.05) is 5.56 Å². The highest BCUT2D eigenvalue weighted by molar-refractivity contribution is 5.81. The minimum absolute atomic E-state index is 0.0535. The molecule has 0 heterocycles. The number of hydrogen-bond acceptors (Lipinski definition) is 4. The van der Waals surface area contributed by atoms with Crippen molar-refractivity contribution in [3.8, 4) is 17.6 Å². The van der Waals surface area contributed by atoms with Gasteiger partial charge in [-0.1, -0.05) is 32.0 Å². The van der Waals surface area contributed by atoms with E-state index in [1.807, 2.05) is 32.0 Å². The van der Waals surface area contributed by atoms with Crippen molar-refractivity contribution in [1.29, 1.82) is 5.26 Å². The number of halogens is 3. The SMILES string of the molecule is COc1ccccc1C(C)NC(=O)C(CC(C)C)Oc1ccc(C#N)c(C(F)(F)F)c1. The van der Waals surface area contributed by atoms with Crippen molar-refractivity contribution in [3.63, 3.8) is 0 Å². The van der Waals surface area contributed by atoms with Gasteiger partial charge in [-0.15, -0.1) is 0 Å². The molecular formula is C23H25F3N2O3. The van der Waals surface area contributed by atoms with Crippen LogP contribution < -0.4 is 14.8 Å². The highest BCUT2D eigenvalue weighted by Gasteiger charge is 2.34. The van der Waals surface area contributed by atoms with Gasteiger partial charge in [-0.25, -0.2) is 0 Å². The molecule has 0 saturated carbocycles. The van der Waals surface area contributed by atoms with Crippen LogP contribution >= 0.6 is 0 Å². The molecule has 0 saturated heterocycles. The molecule has 0 bridgehead atoms. The van der Waals surface area contributed by atoms with E-state index in [2.05, 4.69) is 5.32 Å². The third kappa shape index (κ3) is 6.38. The number of carbonyl (C=O) groups excluding carboxylic acids is 1. The number of rotatable bonds is 8. The van der Waals surface area contributed by atoms with Crippen molar-refractivity contribution in [2.45, 2.75) is 45.5 Å². The van der Waals surface area contributed by atoms with Crippen LogP contribution in [0.15, 0.2) is 42.5 Å². The number of carbonyl (C=O) groups is 1. The molecule has 0 aliphatic heterocycles. The summed E-state index contributed by atoms with van der Waals surface area (Å²) in [7, 11) is 1.53. The second-order valence-corrected chi connectivity index (χ2v) is 7.53. The first-order chi connectivity index (χ1) is 14.6. The van der Waals surface area contributed by atoms with Gasteiger partial charge in [0.05, 0.1) is 30.3 Å². The minimum atomic E-state index is -4.71. The molecule has 0 aliphatic carbocycles. The van der Waals surface area contributed by atoms with Gasteiger partial charge in [0.25, 0.3) is 5.91 Å². The van der Waals surface area contributed by atoms with Gasteiger partial charge in [-0.3, -0.25) is 4.79 Å². The number of hydrogen-bond donors (Lipinski definition) is 1. The maximum absolute atomic E-state index is 13.3. The minimum Gasteiger partial charge on any atom is -0.496 e. The fourth-order valence-corrected chi connectivity index (χ4v) is 3.14. The Hall–Kier alpha value is -3.21. The molecule has 0 radical (unpaired) electrons. The molecule has 0 aromatic heterocycles. The van der Waals surface area contributed by atoms with Crippen molar-refractivity contribution in [3.05, 3.63) is 59.2 Å². The Labute approximate surface area is 179 Å². The Morgan fingerprint density at radius 2 is 1.84 bits per heavy atom. The van der Waals surface area contributed by atoms with Crippen LogP contribution in [0.1, 0.15) is 49.9 Å². The highest BCUT2D eigenvalue weighted by atomic mass is 19.4. The number of ether oxygens (including phenoxy) is 2. The van der Waals surface area contributed by atoms with E-state index in [4.69, 9.17) is 14.7 Å². The predicted molar refractivity (Wildman–Crippen MR) is 110 cm³/mol. The van der Waals surface area contributed by atoms with Gasteiger partial charge in [0.1, 0.15) is 11.5 Å². The van der Waals surface area contributed by atoms with E-state index in [0.29, 0.717) is 12.2 Å². The maximum atomic E-state index is 13.3. The fourth-order valence-electron chi connectivity index (χ4n) is 3.14. The average molecular weight is 434 g/mol. The van der Waals surface area contributed by atoms with Gasteiger partial charge in [0.15, 0.2) is 6.10 Å². The van der Waals surface area contributed by atoms with E-state index < -0.39 is 35.4 Å². The number of amides is 1. The number of nitrogens with one attached hydrogen (secondary N) is 1. The standard InChI is InChI=1S/C23H25F3N2O3/c1-14(2)11-21(22(29)28-15(3)18-7-5-6-8-20(18)30-4)31-17-10-9-16(13-27)19(12-17)23(24,25)26/h5-10,12,14-15,21H,11H2,1-4H3,(H,28,29). The van der Waals surface area contributed by atoms with Crippen LogP contribution in [-0.2, 0) is 11.0 Å². The van der Waals surface area contributed by atoms with Crippen LogP contribution in [0.4, 0.5) is 13.2 Å². The molecule has 5 nitrogen and oxygen atoms in total. The van der Waals surface area contributed by atoms with Crippen LogP contribution in [0.2, 0.25) is 0 Å². The zero-order valence-corrected chi connectivity index (χ0v) is 17.8. The molecule has 0 fully saturated rings. The maximum Gasteiger partial charge on any atom is 0.417 e. The summed E-state index contributed by atoms with van der Waals surface area (Å²) in [6.45, 7) is 5.55. The third-order valence-corrected chi connectivity index (χ3v) is 4.64. The van der Waals surface area contributed by atoms with Crippen LogP contribution in [0.5, 0.6) is 11.5 Å². The van der Waals surface area contributed by atoms with Crippen molar-refractivity contribution < 1.29 is 27.4 Å². The zero-order chi connectivity index (χ0) is 23.2. The molecule has 2 unspecified atom stereocenters. The number of para-hydroxylation sites is 1. The van der Waals surface area contributed by atoms with E-state index in [-0.39, 0.29) is 11.7 Å². The lowest BCUT2D eigenvalue weighted by atomic mass is 10.0. The summed E-state index contributed by atoms with van der Waals surface area (Å²) in [5.41, 5.74) is -0.840. The summed E-state index contributed by atoms with van der Waals surface area (Å²) in [5, 5.41) is 11.8. The second-order valence-electron chi connectivity index (χ2n) is 7.53. The zero-order valence-electron chi connectivity index (χ0n) is 17.8. The number of nitriles is 1. The second kappa shape index (κ2) is 10.2. The van der Waals surface area contributed by atoms with Crippen LogP contribution in [0.25, 0.3) is 0 Å². The largest absolute Gasteiger partial charge is 0.496 e. The smallest absolute Gasteiger partial charge is 0.417 e. The summed E-state index contributed by atoms with van der Waals surface area (Å²) in [6.07, 6.45) is -5.42. The molecule has 0 spiro atoms. The number of methoxy groups -OCH3 is 1. The molecule has 2 aromatic carbocycles. The molecule has 8 heteroatoms. The summed E-state index contributed by atoms with van der Waals surface area (Å²) in [4.78, 5) is 12.9. The van der Waals surface area contributed by atoms with Gasteiger partial charge in [-0.05, 0) is 43.5 Å². The van der Waals surface area contributed by atoms with Gasteiger partial charge in [-0.2, -0.15) is 18.4 Å².